The van der Waals surface area contributed by atoms with Crippen molar-refractivity contribution in [3.8, 4) is 33.4 Å². The molecule has 0 spiro atoms. The summed E-state index contributed by atoms with van der Waals surface area (Å²) >= 11 is 0. The number of hydrogen-bond acceptors (Lipinski definition) is 3. The highest BCUT2D eigenvalue weighted by molar-refractivity contribution is 6.94. The third-order valence-electron chi connectivity index (χ3n) is 12.9. The zero-order valence-corrected chi connectivity index (χ0v) is 34.9. The molecule has 10 aromatic rings. The minimum Gasteiger partial charge on any atom is -0.376 e. The standard InChI is InChI=1S/C59H42BN3/c1-41-37-45(43-21-8-3-9-22-43)33-35-55(41)62-57-36-34-49(61(47-25-10-4-11-26-47)48-27-12-5-13-28-48)40-54(57)60-58-53(39-46-23-14-15-30-51(46)59(58)62)52-31-16-17-32-56(52)63(60)50-29-18-24-44(38-50)42-19-6-2-7-20-42/h2-40H,1H3. The van der Waals surface area contributed by atoms with Crippen LogP contribution in [0.5, 0.6) is 0 Å². The summed E-state index contributed by atoms with van der Waals surface area (Å²) < 4.78 is 0. The van der Waals surface area contributed by atoms with E-state index >= 15 is 0 Å². The van der Waals surface area contributed by atoms with Crippen molar-refractivity contribution in [1.82, 2.24) is 0 Å². The van der Waals surface area contributed by atoms with Crippen LogP contribution in [0.2, 0.25) is 0 Å². The van der Waals surface area contributed by atoms with Gasteiger partial charge in [-0.25, -0.2) is 0 Å². The van der Waals surface area contributed by atoms with E-state index in [9.17, 15) is 0 Å². The molecule has 0 saturated carbocycles. The van der Waals surface area contributed by atoms with E-state index in [-0.39, 0.29) is 6.85 Å². The van der Waals surface area contributed by atoms with Gasteiger partial charge in [-0.05, 0) is 135 Å². The molecule has 0 unspecified atom stereocenters. The van der Waals surface area contributed by atoms with Gasteiger partial charge in [-0.15, -0.1) is 0 Å². The van der Waals surface area contributed by atoms with Crippen molar-refractivity contribution in [3.05, 3.63) is 242 Å². The van der Waals surface area contributed by atoms with E-state index < -0.39 is 0 Å². The van der Waals surface area contributed by atoms with Crippen LogP contribution in [0.25, 0.3) is 44.2 Å². The minimum atomic E-state index is -0.163. The van der Waals surface area contributed by atoms with E-state index in [1.165, 1.54) is 83.4 Å². The van der Waals surface area contributed by atoms with E-state index in [4.69, 9.17) is 0 Å². The SMILES string of the molecule is Cc1cc(-c2ccccc2)ccc1N1c2ccc(N(c3ccccc3)c3ccccc3)cc2B2c3c(cc4ccccc4c31)-c1ccccc1N2c1cccc(-c2ccccc2)c1. The van der Waals surface area contributed by atoms with Crippen molar-refractivity contribution in [2.45, 2.75) is 6.92 Å². The molecule has 0 saturated heterocycles. The molecule has 0 N–H and O–H groups in total. The largest absolute Gasteiger partial charge is 0.376 e. The summed E-state index contributed by atoms with van der Waals surface area (Å²) in [7, 11) is 0. The van der Waals surface area contributed by atoms with Crippen LogP contribution in [-0.4, -0.2) is 6.85 Å². The molecule has 0 amide bonds. The topological polar surface area (TPSA) is 9.72 Å². The highest BCUT2D eigenvalue weighted by Crippen LogP contribution is 2.50. The third-order valence-corrected chi connectivity index (χ3v) is 12.9. The number of nitrogens with zero attached hydrogens (tertiary/aromatic N) is 3. The Kier molecular flexibility index (Phi) is 8.82. The average molecular weight is 804 g/mol. The maximum atomic E-state index is 2.61. The first kappa shape index (κ1) is 36.7. The monoisotopic (exact) mass is 803 g/mol. The van der Waals surface area contributed by atoms with Crippen molar-refractivity contribution < 1.29 is 0 Å². The van der Waals surface area contributed by atoms with Crippen LogP contribution < -0.4 is 25.5 Å². The summed E-state index contributed by atoms with van der Waals surface area (Å²) in [4.78, 5) is 7.57. The lowest BCUT2D eigenvalue weighted by Gasteiger charge is -2.46. The quantitative estimate of drug-likeness (QED) is 0.149. The summed E-state index contributed by atoms with van der Waals surface area (Å²) in [6.07, 6.45) is 0. The van der Waals surface area contributed by atoms with Crippen LogP contribution in [0.1, 0.15) is 5.56 Å². The maximum absolute atomic E-state index is 2.61. The van der Waals surface area contributed by atoms with E-state index in [0.29, 0.717) is 0 Å². The lowest BCUT2D eigenvalue weighted by molar-refractivity contribution is 1.24. The van der Waals surface area contributed by atoms with Crippen LogP contribution in [-0.2, 0) is 0 Å². The van der Waals surface area contributed by atoms with Crippen LogP contribution in [0, 0.1) is 6.92 Å². The molecule has 10 aromatic carbocycles. The van der Waals surface area contributed by atoms with Crippen LogP contribution in [0.3, 0.4) is 0 Å². The lowest BCUT2D eigenvalue weighted by Crippen LogP contribution is -2.61. The molecular weight excluding hydrogens is 761 g/mol. The van der Waals surface area contributed by atoms with Crippen molar-refractivity contribution in [1.29, 1.82) is 0 Å². The van der Waals surface area contributed by atoms with Gasteiger partial charge in [0.25, 0.3) is 0 Å². The number of fused-ring (bicyclic) bond motifs is 6. The number of anilines is 8. The van der Waals surface area contributed by atoms with Gasteiger partial charge < -0.3 is 14.6 Å². The van der Waals surface area contributed by atoms with E-state index in [2.05, 4.69) is 258 Å². The average Bonchev–Trinajstić information content (AvgIpc) is 3.35. The van der Waals surface area contributed by atoms with Gasteiger partial charge >= 0.3 is 6.85 Å². The zero-order valence-electron chi connectivity index (χ0n) is 34.9. The number of rotatable bonds is 7. The fourth-order valence-electron chi connectivity index (χ4n) is 10.1. The number of para-hydroxylation sites is 3. The van der Waals surface area contributed by atoms with E-state index in [0.717, 1.165) is 22.7 Å². The highest BCUT2D eigenvalue weighted by atomic mass is 15.2. The second-order valence-electron chi connectivity index (χ2n) is 16.6. The first-order valence-electron chi connectivity index (χ1n) is 21.8. The fraction of sp³-hybridized carbons (Fsp3) is 0.0169. The first-order valence-corrected chi connectivity index (χ1v) is 21.8. The van der Waals surface area contributed by atoms with Crippen molar-refractivity contribution in [2.75, 3.05) is 14.6 Å². The van der Waals surface area contributed by atoms with E-state index in [1.54, 1.807) is 0 Å². The number of hydrogen-bond donors (Lipinski definition) is 0. The molecule has 2 aliphatic rings. The summed E-state index contributed by atoms with van der Waals surface area (Å²) in [6.45, 7) is 2.10. The predicted octanol–water partition coefficient (Wildman–Crippen LogP) is 14.7. The zero-order chi connectivity index (χ0) is 41.9. The molecule has 4 heteroatoms. The Hall–Kier alpha value is -8.08. The van der Waals surface area contributed by atoms with Gasteiger partial charge in [0.15, 0.2) is 0 Å². The smallest absolute Gasteiger partial charge is 0.333 e. The Morgan fingerprint density at radius 2 is 0.984 bits per heavy atom. The third kappa shape index (κ3) is 6.14. The summed E-state index contributed by atoms with van der Waals surface area (Å²) in [5, 5.41) is 2.46. The molecule has 63 heavy (non-hydrogen) atoms. The minimum absolute atomic E-state index is 0.163. The first-order chi connectivity index (χ1) is 31.2. The Bertz CT molecular complexity index is 3280. The van der Waals surface area contributed by atoms with Gasteiger partial charge in [-0.2, -0.15) is 0 Å². The van der Waals surface area contributed by atoms with E-state index in [1.807, 2.05) is 0 Å². The summed E-state index contributed by atoms with van der Waals surface area (Å²) in [5.74, 6) is 0. The van der Waals surface area contributed by atoms with Crippen molar-refractivity contribution >= 4 is 74.0 Å². The molecule has 0 bridgehead atoms. The second-order valence-corrected chi connectivity index (χ2v) is 16.6. The van der Waals surface area contributed by atoms with Crippen molar-refractivity contribution in [3.63, 3.8) is 0 Å². The number of aryl methyl sites for hydroxylation is 1. The molecule has 2 aliphatic heterocycles. The molecule has 0 aromatic heterocycles. The summed E-state index contributed by atoms with van der Waals surface area (Å²) in [6, 6.07) is 86.6. The van der Waals surface area contributed by atoms with Gasteiger partial charge in [0.2, 0.25) is 0 Å². The normalized spacial score (nSPS) is 12.4. The molecule has 0 aliphatic carbocycles. The Morgan fingerprint density at radius 3 is 1.68 bits per heavy atom. The maximum Gasteiger partial charge on any atom is 0.333 e. The Balaban J connectivity index is 1.18. The molecule has 3 nitrogen and oxygen atoms in total. The van der Waals surface area contributed by atoms with Gasteiger partial charge in [0.05, 0.1) is 5.69 Å². The Labute approximate surface area is 369 Å². The molecular formula is C59H42BN3. The van der Waals surface area contributed by atoms with Gasteiger partial charge in [-0.1, -0.05) is 158 Å². The lowest BCUT2D eigenvalue weighted by atomic mass is 9.43. The molecule has 0 radical (unpaired) electrons. The number of benzene rings is 10. The van der Waals surface area contributed by atoms with Crippen molar-refractivity contribution in [2.24, 2.45) is 0 Å². The Morgan fingerprint density at radius 1 is 0.397 bits per heavy atom. The molecule has 0 atom stereocenters. The second kappa shape index (κ2) is 15.1. The predicted molar refractivity (Wildman–Crippen MR) is 268 cm³/mol. The van der Waals surface area contributed by atoms with Crippen LogP contribution in [0.15, 0.2) is 237 Å². The van der Waals surface area contributed by atoms with Gasteiger partial charge in [-0.3, -0.25) is 0 Å². The molecule has 12 rings (SSSR count). The van der Waals surface area contributed by atoms with Crippen LogP contribution in [0.4, 0.5) is 45.5 Å². The highest BCUT2D eigenvalue weighted by Gasteiger charge is 2.46. The van der Waals surface area contributed by atoms with Gasteiger partial charge in [0.1, 0.15) is 0 Å². The molecule has 296 valence electrons. The summed E-state index contributed by atoms with van der Waals surface area (Å²) in [5.41, 5.74) is 20.3. The molecule has 2 heterocycles. The van der Waals surface area contributed by atoms with Gasteiger partial charge in [0, 0.05) is 50.8 Å². The van der Waals surface area contributed by atoms with Crippen LogP contribution >= 0.6 is 0 Å². The molecule has 0 fully saturated rings. The fourth-order valence-corrected chi connectivity index (χ4v) is 10.1.